The van der Waals surface area contributed by atoms with Crippen molar-refractivity contribution < 1.29 is 14.3 Å². The quantitative estimate of drug-likeness (QED) is 0.764. The molecule has 1 saturated carbocycles. The first-order chi connectivity index (χ1) is 13.1. The second-order valence-corrected chi connectivity index (χ2v) is 7.37. The molecule has 1 aliphatic carbocycles. The van der Waals surface area contributed by atoms with E-state index in [2.05, 4.69) is 20.6 Å². The number of hydrogen-bond acceptors (Lipinski definition) is 7. The number of ketones is 1. The van der Waals surface area contributed by atoms with Gasteiger partial charge in [-0.2, -0.15) is 4.98 Å². The first-order valence-corrected chi connectivity index (χ1v) is 9.80. The van der Waals surface area contributed by atoms with Crippen LogP contribution in [0.5, 0.6) is 0 Å². The molecule has 8 nitrogen and oxygen atoms in total. The Bertz CT molecular complexity index is 667. The molecule has 1 aromatic rings. The minimum atomic E-state index is -0.283. The number of carbonyl (C=O) groups is 2. The number of hydrogen-bond donors (Lipinski definition) is 2. The molecule has 3 rings (SSSR count). The molecule has 1 amide bonds. The molecule has 2 N–H and O–H groups in total. The molecule has 1 saturated heterocycles. The Kier molecular flexibility index (Phi) is 6.47. The van der Waals surface area contributed by atoms with Crippen LogP contribution < -0.4 is 10.6 Å². The molecule has 1 aliphatic heterocycles. The van der Waals surface area contributed by atoms with Gasteiger partial charge in [0.15, 0.2) is 5.78 Å². The number of Topliss-reactive ketones (excluding diaryl/α,β-unsaturated/α-hetero) is 1. The van der Waals surface area contributed by atoms with Crippen LogP contribution in [0, 0.1) is 0 Å². The second-order valence-electron chi connectivity index (χ2n) is 7.37. The highest BCUT2D eigenvalue weighted by Gasteiger charge is 2.24. The Morgan fingerprint density at radius 3 is 2.37 bits per heavy atom. The van der Waals surface area contributed by atoms with E-state index in [0.29, 0.717) is 36.5 Å². The van der Waals surface area contributed by atoms with Crippen molar-refractivity contribution in [2.75, 3.05) is 30.8 Å². The molecular formula is C19H29N5O3. The van der Waals surface area contributed by atoms with E-state index in [-0.39, 0.29) is 17.9 Å². The topological polar surface area (TPSA) is 96.5 Å². The van der Waals surface area contributed by atoms with Gasteiger partial charge in [0.25, 0.3) is 0 Å². The van der Waals surface area contributed by atoms with Gasteiger partial charge in [-0.25, -0.2) is 9.78 Å². The molecule has 1 aromatic heterocycles. The van der Waals surface area contributed by atoms with Crippen LogP contribution in [0.1, 0.15) is 62.2 Å². The molecule has 0 atom stereocenters. The average Bonchev–Trinajstić information content (AvgIpc) is 2.69. The Morgan fingerprint density at radius 1 is 1.07 bits per heavy atom. The highest BCUT2D eigenvalue weighted by molar-refractivity contribution is 5.98. The Labute approximate surface area is 160 Å². The van der Waals surface area contributed by atoms with Crippen LogP contribution in [0.3, 0.4) is 0 Å². The van der Waals surface area contributed by atoms with Gasteiger partial charge in [0.05, 0.1) is 12.7 Å². The van der Waals surface area contributed by atoms with Crippen LogP contribution in [0.2, 0.25) is 0 Å². The molecule has 2 heterocycles. The summed E-state index contributed by atoms with van der Waals surface area (Å²) in [5.41, 5.74) is 0.534. The molecule has 0 radical (unpaired) electrons. The van der Waals surface area contributed by atoms with E-state index in [1.165, 1.54) is 26.4 Å². The number of ether oxygens (including phenoxy) is 1. The van der Waals surface area contributed by atoms with Gasteiger partial charge in [0.1, 0.15) is 5.82 Å². The Balaban J connectivity index is 1.64. The van der Waals surface area contributed by atoms with Crippen molar-refractivity contribution in [3.8, 4) is 0 Å². The summed E-state index contributed by atoms with van der Waals surface area (Å²) in [6, 6.07) is 0.555. The standard InChI is InChI=1S/C19H29N5O3/c1-13(25)16-12-20-18(23-17(16)21-14-6-4-3-5-7-14)22-15-8-10-24(11-9-15)19(26)27-2/h12,14-15H,3-11H2,1-2H3,(H2,20,21,22,23). The third kappa shape index (κ3) is 5.08. The lowest BCUT2D eigenvalue weighted by atomic mass is 9.95. The maximum Gasteiger partial charge on any atom is 0.409 e. The maximum absolute atomic E-state index is 11.9. The molecule has 0 unspecified atom stereocenters. The summed E-state index contributed by atoms with van der Waals surface area (Å²) < 4.78 is 4.77. The second kappa shape index (κ2) is 9.01. The normalized spacial score (nSPS) is 18.8. The van der Waals surface area contributed by atoms with E-state index in [0.717, 1.165) is 25.7 Å². The van der Waals surface area contributed by atoms with Crippen LogP contribution in [-0.4, -0.2) is 59.0 Å². The van der Waals surface area contributed by atoms with Gasteiger partial charge in [-0.3, -0.25) is 4.79 Å². The summed E-state index contributed by atoms with van der Waals surface area (Å²) in [4.78, 5) is 34.2. The zero-order valence-corrected chi connectivity index (χ0v) is 16.2. The predicted octanol–water partition coefficient (Wildman–Crippen LogP) is 3.07. The number of anilines is 2. The smallest absolute Gasteiger partial charge is 0.409 e. The fourth-order valence-electron chi connectivity index (χ4n) is 3.78. The summed E-state index contributed by atoms with van der Waals surface area (Å²) in [5.74, 6) is 1.11. The minimum Gasteiger partial charge on any atom is -0.453 e. The lowest BCUT2D eigenvalue weighted by Crippen LogP contribution is -2.42. The highest BCUT2D eigenvalue weighted by atomic mass is 16.5. The summed E-state index contributed by atoms with van der Waals surface area (Å²) in [6.45, 7) is 2.83. The zero-order chi connectivity index (χ0) is 19.2. The van der Waals surface area contributed by atoms with Crippen LogP contribution in [0.4, 0.5) is 16.6 Å². The minimum absolute atomic E-state index is 0.0359. The van der Waals surface area contributed by atoms with E-state index in [1.807, 2.05) is 0 Å². The van der Waals surface area contributed by atoms with E-state index < -0.39 is 0 Å². The van der Waals surface area contributed by atoms with Crippen molar-refractivity contribution in [3.05, 3.63) is 11.8 Å². The summed E-state index contributed by atoms with van der Waals surface area (Å²) in [5, 5.41) is 6.81. The van der Waals surface area contributed by atoms with Gasteiger partial charge in [0.2, 0.25) is 5.95 Å². The molecule has 8 heteroatoms. The number of amides is 1. The average molecular weight is 375 g/mol. The zero-order valence-electron chi connectivity index (χ0n) is 16.2. The SMILES string of the molecule is COC(=O)N1CCC(Nc2ncc(C(C)=O)c(NC3CCCCC3)n2)CC1. The summed E-state index contributed by atoms with van der Waals surface area (Å²) >= 11 is 0. The van der Waals surface area contributed by atoms with Crippen molar-refractivity contribution in [2.24, 2.45) is 0 Å². The monoisotopic (exact) mass is 375 g/mol. The molecule has 148 valence electrons. The lowest BCUT2D eigenvalue weighted by Gasteiger charge is -2.31. The van der Waals surface area contributed by atoms with Crippen LogP contribution in [-0.2, 0) is 4.74 Å². The van der Waals surface area contributed by atoms with Crippen molar-refractivity contribution >= 4 is 23.6 Å². The number of likely N-dealkylation sites (tertiary alicyclic amines) is 1. The lowest BCUT2D eigenvalue weighted by molar-refractivity contribution is 0.101. The number of nitrogens with one attached hydrogen (secondary N) is 2. The number of rotatable bonds is 5. The molecule has 0 bridgehead atoms. The molecule has 0 spiro atoms. The highest BCUT2D eigenvalue weighted by Crippen LogP contribution is 2.24. The summed E-state index contributed by atoms with van der Waals surface area (Å²) in [7, 11) is 1.40. The fraction of sp³-hybridized carbons (Fsp3) is 0.684. The Morgan fingerprint density at radius 2 is 1.74 bits per heavy atom. The Hall–Kier alpha value is -2.38. The van der Waals surface area contributed by atoms with Gasteiger partial charge in [-0.05, 0) is 32.6 Å². The molecule has 2 aliphatic rings. The van der Waals surface area contributed by atoms with Crippen LogP contribution in [0.25, 0.3) is 0 Å². The van der Waals surface area contributed by atoms with Crippen LogP contribution in [0.15, 0.2) is 6.20 Å². The van der Waals surface area contributed by atoms with Gasteiger partial charge >= 0.3 is 6.09 Å². The predicted molar refractivity (Wildman–Crippen MR) is 103 cm³/mol. The van der Waals surface area contributed by atoms with Crippen LogP contribution >= 0.6 is 0 Å². The van der Waals surface area contributed by atoms with Crippen molar-refractivity contribution in [3.63, 3.8) is 0 Å². The van der Waals surface area contributed by atoms with Crippen molar-refractivity contribution in [2.45, 2.75) is 64.0 Å². The van der Waals surface area contributed by atoms with E-state index in [9.17, 15) is 9.59 Å². The number of nitrogens with zero attached hydrogens (tertiary/aromatic N) is 3. The molecular weight excluding hydrogens is 346 g/mol. The van der Waals surface area contributed by atoms with E-state index in [4.69, 9.17) is 4.74 Å². The number of piperidine rings is 1. The van der Waals surface area contributed by atoms with Gasteiger partial charge < -0.3 is 20.3 Å². The van der Waals surface area contributed by atoms with Gasteiger partial charge in [-0.1, -0.05) is 19.3 Å². The van der Waals surface area contributed by atoms with E-state index in [1.54, 1.807) is 18.0 Å². The maximum atomic E-state index is 11.9. The first-order valence-electron chi connectivity index (χ1n) is 9.80. The van der Waals surface area contributed by atoms with Gasteiger partial charge in [-0.15, -0.1) is 0 Å². The van der Waals surface area contributed by atoms with Gasteiger partial charge in [0, 0.05) is 31.4 Å². The number of carbonyl (C=O) groups excluding carboxylic acids is 2. The third-order valence-corrected chi connectivity index (χ3v) is 5.38. The van der Waals surface area contributed by atoms with E-state index >= 15 is 0 Å². The fourth-order valence-corrected chi connectivity index (χ4v) is 3.78. The molecule has 2 fully saturated rings. The molecule has 27 heavy (non-hydrogen) atoms. The summed E-state index contributed by atoms with van der Waals surface area (Å²) in [6.07, 6.45) is 8.84. The molecule has 0 aromatic carbocycles. The van der Waals surface area contributed by atoms with Crippen molar-refractivity contribution in [1.29, 1.82) is 0 Å². The third-order valence-electron chi connectivity index (χ3n) is 5.38. The van der Waals surface area contributed by atoms with Crippen molar-refractivity contribution in [1.82, 2.24) is 14.9 Å². The number of methoxy groups -OCH3 is 1. The number of aromatic nitrogens is 2. The largest absolute Gasteiger partial charge is 0.453 e. The first kappa shape index (κ1) is 19.4.